The van der Waals surface area contributed by atoms with Gasteiger partial charge in [-0.05, 0) is 36.8 Å². The number of hydrogen-bond acceptors (Lipinski definition) is 6. The molecule has 2 aliphatic rings. The second-order valence-electron chi connectivity index (χ2n) is 8.62. The molecule has 4 rings (SSSR count). The minimum absolute atomic E-state index is 0.0419. The third kappa shape index (κ3) is 5.28. The lowest BCUT2D eigenvalue weighted by Crippen LogP contribution is -2.50. The summed E-state index contributed by atoms with van der Waals surface area (Å²) in [5.74, 6) is 1.75. The molecule has 2 saturated heterocycles. The summed E-state index contributed by atoms with van der Waals surface area (Å²) < 4.78 is 16.2. The topological polar surface area (TPSA) is 71.6 Å². The molecule has 2 fully saturated rings. The molecule has 0 spiro atoms. The first-order valence-electron chi connectivity index (χ1n) is 11.8. The van der Waals surface area contributed by atoms with Crippen molar-refractivity contribution in [2.24, 2.45) is 5.92 Å². The minimum atomic E-state index is -0.321. The van der Waals surface area contributed by atoms with Crippen LogP contribution in [0.1, 0.15) is 18.9 Å². The molecular formula is C26H33N3O5. The summed E-state index contributed by atoms with van der Waals surface area (Å²) in [6.45, 7) is 6.87. The van der Waals surface area contributed by atoms with Crippen LogP contribution in [0.2, 0.25) is 0 Å². The number of hydrogen-bond donors (Lipinski definition) is 0. The van der Waals surface area contributed by atoms with E-state index in [-0.39, 0.29) is 24.2 Å². The van der Waals surface area contributed by atoms with E-state index in [1.54, 1.807) is 31.3 Å². The molecular weight excluding hydrogens is 434 g/mol. The maximum atomic E-state index is 13.2. The second kappa shape index (κ2) is 10.8. The van der Waals surface area contributed by atoms with Gasteiger partial charge in [-0.3, -0.25) is 14.5 Å². The Morgan fingerprint density at radius 3 is 2.32 bits per heavy atom. The highest BCUT2D eigenvalue weighted by Crippen LogP contribution is 2.34. The number of amides is 2. The normalized spacial score (nSPS) is 18.8. The third-order valence-electron chi connectivity index (χ3n) is 6.48. The largest absolute Gasteiger partial charge is 0.494 e. The molecule has 0 N–H and O–H groups in total. The van der Waals surface area contributed by atoms with Crippen molar-refractivity contribution in [2.75, 3.05) is 58.5 Å². The summed E-state index contributed by atoms with van der Waals surface area (Å²) in [5, 5.41) is 0. The Hall–Kier alpha value is -3.26. The molecule has 182 valence electrons. The zero-order valence-electron chi connectivity index (χ0n) is 20.2. The lowest BCUT2D eigenvalue weighted by Gasteiger charge is -2.36. The number of piperazine rings is 1. The van der Waals surface area contributed by atoms with Crippen LogP contribution in [0.25, 0.3) is 0 Å². The fourth-order valence-electron chi connectivity index (χ4n) is 4.62. The van der Waals surface area contributed by atoms with Crippen molar-refractivity contribution >= 4 is 17.5 Å². The first-order chi connectivity index (χ1) is 16.5. The monoisotopic (exact) mass is 467 g/mol. The summed E-state index contributed by atoms with van der Waals surface area (Å²) in [4.78, 5) is 31.8. The van der Waals surface area contributed by atoms with E-state index in [1.807, 2.05) is 30.0 Å². The van der Waals surface area contributed by atoms with Gasteiger partial charge in [-0.1, -0.05) is 12.1 Å². The molecule has 1 unspecified atom stereocenters. The average molecular weight is 468 g/mol. The van der Waals surface area contributed by atoms with Crippen molar-refractivity contribution in [1.82, 2.24) is 9.80 Å². The van der Waals surface area contributed by atoms with Gasteiger partial charge in [-0.2, -0.15) is 0 Å². The van der Waals surface area contributed by atoms with E-state index in [4.69, 9.17) is 14.2 Å². The number of carbonyl (C=O) groups is 2. The molecule has 0 saturated carbocycles. The van der Waals surface area contributed by atoms with E-state index in [2.05, 4.69) is 17.0 Å². The molecule has 2 heterocycles. The molecule has 0 radical (unpaired) electrons. The first kappa shape index (κ1) is 23.9. The molecule has 1 atom stereocenters. The van der Waals surface area contributed by atoms with E-state index < -0.39 is 0 Å². The van der Waals surface area contributed by atoms with Crippen LogP contribution in [0.15, 0.2) is 42.5 Å². The standard InChI is InChI=1S/C26H33N3O5/c1-4-34-22-8-5-19(6-9-22)17-27-11-13-28(14-12-27)26(31)20-15-25(30)29(18-20)21-7-10-23(32-2)24(16-21)33-3/h5-10,16,20H,4,11-15,17-18H2,1-3H3. The number of rotatable bonds is 8. The van der Waals surface area contributed by atoms with E-state index in [1.165, 1.54) is 5.56 Å². The molecule has 0 aliphatic carbocycles. The van der Waals surface area contributed by atoms with Crippen LogP contribution < -0.4 is 19.1 Å². The van der Waals surface area contributed by atoms with Gasteiger partial charge in [0.25, 0.3) is 0 Å². The van der Waals surface area contributed by atoms with E-state index >= 15 is 0 Å². The minimum Gasteiger partial charge on any atom is -0.494 e. The highest BCUT2D eigenvalue weighted by molar-refractivity contribution is 6.00. The Labute approximate surface area is 201 Å². The molecule has 8 heteroatoms. The predicted molar refractivity (Wildman–Crippen MR) is 129 cm³/mol. The highest BCUT2D eigenvalue weighted by atomic mass is 16.5. The van der Waals surface area contributed by atoms with Crippen LogP contribution in [0, 0.1) is 5.92 Å². The molecule has 2 aliphatic heterocycles. The van der Waals surface area contributed by atoms with Crippen molar-refractivity contribution in [3.8, 4) is 17.2 Å². The zero-order chi connectivity index (χ0) is 24.1. The smallest absolute Gasteiger partial charge is 0.228 e. The van der Waals surface area contributed by atoms with Crippen molar-refractivity contribution in [1.29, 1.82) is 0 Å². The third-order valence-corrected chi connectivity index (χ3v) is 6.48. The number of methoxy groups -OCH3 is 2. The molecule has 8 nitrogen and oxygen atoms in total. The first-order valence-corrected chi connectivity index (χ1v) is 11.8. The lowest BCUT2D eigenvalue weighted by molar-refractivity contribution is -0.137. The summed E-state index contributed by atoms with van der Waals surface area (Å²) in [7, 11) is 3.14. The van der Waals surface area contributed by atoms with Crippen molar-refractivity contribution < 1.29 is 23.8 Å². The maximum absolute atomic E-state index is 13.2. The van der Waals surface area contributed by atoms with Crippen LogP contribution in [-0.2, 0) is 16.1 Å². The Bertz CT molecular complexity index is 1000. The Morgan fingerprint density at radius 1 is 0.971 bits per heavy atom. The molecule has 0 bridgehead atoms. The molecule has 2 aromatic carbocycles. The second-order valence-corrected chi connectivity index (χ2v) is 8.62. The molecule has 34 heavy (non-hydrogen) atoms. The van der Waals surface area contributed by atoms with Crippen LogP contribution in [0.5, 0.6) is 17.2 Å². The molecule has 0 aromatic heterocycles. The van der Waals surface area contributed by atoms with Crippen LogP contribution in [-0.4, -0.2) is 75.2 Å². The summed E-state index contributed by atoms with van der Waals surface area (Å²) in [6.07, 6.45) is 0.236. The van der Waals surface area contributed by atoms with Crippen molar-refractivity contribution in [2.45, 2.75) is 19.9 Å². The van der Waals surface area contributed by atoms with Gasteiger partial charge in [0.05, 0.1) is 26.7 Å². The van der Waals surface area contributed by atoms with Crippen LogP contribution >= 0.6 is 0 Å². The Balaban J connectivity index is 1.31. The van der Waals surface area contributed by atoms with Gasteiger partial charge >= 0.3 is 0 Å². The number of carbonyl (C=O) groups excluding carboxylic acids is 2. The molecule has 2 aromatic rings. The van der Waals surface area contributed by atoms with Crippen LogP contribution in [0.4, 0.5) is 5.69 Å². The summed E-state index contributed by atoms with van der Waals surface area (Å²) in [6, 6.07) is 13.6. The van der Waals surface area contributed by atoms with Gasteiger partial charge in [0.15, 0.2) is 11.5 Å². The zero-order valence-corrected chi connectivity index (χ0v) is 20.2. The van der Waals surface area contributed by atoms with E-state index in [0.717, 1.165) is 31.1 Å². The predicted octanol–water partition coefficient (Wildman–Crippen LogP) is 2.80. The van der Waals surface area contributed by atoms with Gasteiger partial charge in [-0.15, -0.1) is 0 Å². The summed E-state index contributed by atoms with van der Waals surface area (Å²) >= 11 is 0. The lowest BCUT2D eigenvalue weighted by atomic mass is 10.1. The van der Waals surface area contributed by atoms with E-state index in [0.29, 0.717) is 37.7 Å². The van der Waals surface area contributed by atoms with Gasteiger partial charge in [0, 0.05) is 57.4 Å². The quantitative estimate of drug-likeness (QED) is 0.595. The Kier molecular flexibility index (Phi) is 7.57. The van der Waals surface area contributed by atoms with Gasteiger partial charge in [0.2, 0.25) is 11.8 Å². The van der Waals surface area contributed by atoms with Gasteiger partial charge in [0.1, 0.15) is 5.75 Å². The fraction of sp³-hybridized carbons (Fsp3) is 0.462. The SMILES string of the molecule is CCOc1ccc(CN2CCN(C(=O)C3CC(=O)N(c4ccc(OC)c(OC)c4)C3)CC2)cc1. The van der Waals surface area contributed by atoms with Crippen LogP contribution in [0.3, 0.4) is 0 Å². The number of nitrogens with zero attached hydrogens (tertiary/aromatic N) is 3. The number of ether oxygens (including phenoxy) is 3. The highest BCUT2D eigenvalue weighted by Gasteiger charge is 2.38. The van der Waals surface area contributed by atoms with Gasteiger partial charge in [-0.25, -0.2) is 0 Å². The number of benzene rings is 2. The van der Waals surface area contributed by atoms with Gasteiger partial charge < -0.3 is 24.0 Å². The van der Waals surface area contributed by atoms with Crippen molar-refractivity contribution in [3.63, 3.8) is 0 Å². The number of anilines is 1. The summed E-state index contributed by atoms with van der Waals surface area (Å²) in [5.41, 5.74) is 1.95. The molecule has 2 amide bonds. The Morgan fingerprint density at radius 2 is 1.68 bits per heavy atom. The fourth-order valence-corrected chi connectivity index (χ4v) is 4.62. The van der Waals surface area contributed by atoms with E-state index in [9.17, 15) is 9.59 Å². The maximum Gasteiger partial charge on any atom is 0.228 e. The average Bonchev–Trinajstić information content (AvgIpc) is 3.26. The van der Waals surface area contributed by atoms with Crippen molar-refractivity contribution in [3.05, 3.63) is 48.0 Å².